The van der Waals surface area contributed by atoms with Crippen LogP contribution in [0.15, 0.2) is 24.3 Å². The molecule has 1 heterocycles. The van der Waals surface area contributed by atoms with Crippen molar-refractivity contribution in [3.05, 3.63) is 24.3 Å². The van der Waals surface area contributed by atoms with Gasteiger partial charge in [0.2, 0.25) is 0 Å². The largest absolute Gasteiger partial charge is 0.360 e. The number of ether oxygens (including phenoxy) is 1. The standard InChI is InChI=1S/C12H20N2O/c1-13-8-10-14(11-9-13)12(15-2)6-4-3-5-7-12/h3-6H,7-11H2,1-2H3. The first kappa shape index (κ1) is 10.9. The van der Waals surface area contributed by atoms with E-state index in [0.717, 1.165) is 32.6 Å². The summed E-state index contributed by atoms with van der Waals surface area (Å²) in [5, 5.41) is 0. The molecule has 1 atom stereocenters. The van der Waals surface area contributed by atoms with Gasteiger partial charge in [-0.3, -0.25) is 4.90 Å². The predicted octanol–water partition coefficient (Wildman–Crippen LogP) is 1.09. The maximum atomic E-state index is 5.72. The lowest BCUT2D eigenvalue weighted by Crippen LogP contribution is -2.56. The normalized spacial score (nSPS) is 33.5. The Kier molecular flexibility index (Phi) is 3.24. The molecule has 0 amide bonds. The third kappa shape index (κ3) is 2.14. The minimum Gasteiger partial charge on any atom is -0.360 e. The lowest BCUT2D eigenvalue weighted by atomic mass is 10.0. The minimum atomic E-state index is -0.185. The summed E-state index contributed by atoms with van der Waals surface area (Å²) in [5.41, 5.74) is -0.185. The van der Waals surface area contributed by atoms with E-state index in [9.17, 15) is 0 Å². The molecule has 0 N–H and O–H groups in total. The minimum absolute atomic E-state index is 0.185. The highest BCUT2D eigenvalue weighted by molar-refractivity contribution is 5.18. The number of rotatable bonds is 2. The van der Waals surface area contributed by atoms with Crippen molar-refractivity contribution in [2.75, 3.05) is 40.3 Å². The topological polar surface area (TPSA) is 15.7 Å². The summed E-state index contributed by atoms with van der Waals surface area (Å²) in [5.74, 6) is 0. The summed E-state index contributed by atoms with van der Waals surface area (Å²) in [6.07, 6.45) is 9.50. The molecule has 0 spiro atoms. The Morgan fingerprint density at radius 3 is 2.40 bits per heavy atom. The second kappa shape index (κ2) is 4.47. The van der Waals surface area contributed by atoms with E-state index in [2.05, 4.69) is 41.2 Å². The van der Waals surface area contributed by atoms with E-state index in [1.54, 1.807) is 0 Å². The maximum Gasteiger partial charge on any atom is 0.144 e. The molecule has 1 saturated heterocycles. The molecule has 1 aliphatic carbocycles. The molecule has 2 rings (SSSR count). The summed E-state index contributed by atoms with van der Waals surface area (Å²) in [4.78, 5) is 4.80. The van der Waals surface area contributed by atoms with Gasteiger partial charge >= 0.3 is 0 Å². The maximum absolute atomic E-state index is 5.72. The zero-order valence-corrected chi connectivity index (χ0v) is 9.65. The van der Waals surface area contributed by atoms with Crippen LogP contribution < -0.4 is 0 Å². The Morgan fingerprint density at radius 1 is 1.13 bits per heavy atom. The summed E-state index contributed by atoms with van der Waals surface area (Å²) < 4.78 is 5.72. The first-order valence-electron chi connectivity index (χ1n) is 5.60. The highest BCUT2D eigenvalue weighted by atomic mass is 16.5. The molecule has 1 aliphatic heterocycles. The van der Waals surface area contributed by atoms with Crippen LogP contribution in [0, 0.1) is 0 Å². The molecule has 84 valence electrons. The van der Waals surface area contributed by atoms with Crippen LogP contribution in [0.5, 0.6) is 0 Å². The van der Waals surface area contributed by atoms with E-state index < -0.39 is 0 Å². The Morgan fingerprint density at radius 2 is 1.87 bits per heavy atom. The Bertz CT molecular complexity index is 267. The molecule has 0 aromatic heterocycles. The first-order valence-corrected chi connectivity index (χ1v) is 5.60. The Labute approximate surface area is 92.0 Å². The van der Waals surface area contributed by atoms with Crippen LogP contribution in [0.1, 0.15) is 6.42 Å². The summed E-state index contributed by atoms with van der Waals surface area (Å²) >= 11 is 0. The van der Waals surface area contributed by atoms with Crippen LogP contribution in [0.25, 0.3) is 0 Å². The fourth-order valence-electron chi connectivity index (χ4n) is 2.29. The third-order valence-electron chi connectivity index (χ3n) is 3.41. The summed E-state index contributed by atoms with van der Waals surface area (Å²) in [6, 6.07) is 0. The van der Waals surface area contributed by atoms with Gasteiger partial charge in [0.05, 0.1) is 0 Å². The molecule has 15 heavy (non-hydrogen) atoms. The van der Waals surface area contributed by atoms with Crippen LogP contribution in [-0.2, 0) is 4.74 Å². The highest BCUT2D eigenvalue weighted by Gasteiger charge is 2.35. The van der Waals surface area contributed by atoms with Crippen LogP contribution in [0.3, 0.4) is 0 Å². The second-order valence-electron chi connectivity index (χ2n) is 4.33. The van der Waals surface area contributed by atoms with Crippen molar-refractivity contribution < 1.29 is 4.74 Å². The number of hydrogen-bond donors (Lipinski definition) is 0. The number of methoxy groups -OCH3 is 1. The molecule has 1 unspecified atom stereocenters. The van der Waals surface area contributed by atoms with Crippen molar-refractivity contribution in [2.24, 2.45) is 0 Å². The van der Waals surface area contributed by atoms with E-state index in [4.69, 9.17) is 4.74 Å². The average Bonchev–Trinajstić information content (AvgIpc) is 2.31. The second-order valence-corrected chi connectivity index (χ2v) is 4.33. The van der Waals surface area contributed by atoms with Gasteiger partial charge in [0, 0.05) is 39.7 Å². The van der Waals surface area contributed by atoms with E-state index in [1.165, 1.54) is 0 Å². The summed E-state index contributed by atoms with van der Waals surface area (Å²) in [7, 11) is 3.98. The van der Waals surface area contributed by atoms with Crippen molar-refractivity contribution in [1.82, 2.24) is 9.80 Å². The van der Waals surface area contributed by atoms with Gasteiger partial charge in [-0.1, -0.05) is 18.2 Å². The van der Waals surface area contributed by atoms with Gasteiger partial charge in [-0.05, 0) is 13.1 Å². The van der Waals surface area contributed by atoms with Gasteiger partial charge in [-0.25, -0.2) is 0 Å². The van der Waals surface area contributed by atoms with Crippen molar-refractivity contribution in [2.45, 2.75) is 12.1 Å². The average molecular weight is 208 g/mol. The number of nitrogens with zero attached hydrogens (tertiary/aromatic N) is 2. The highest BCUT2D eigenvalue weighted by Crippen LogP contribution is 2.27. The van der Waals surface area contributed by atoms with Crippen molar-refractivity contribution in [3.8, 4) is 0 Å². The molecule has 3 nitrogen and oxygen atoms in total. The van der Waals surface area contributed by atoms with E-state index in [0.29, 0.717) is 0 Å². The van der Waals surface area contributed by atoms with Crippen molar-refractivity contribution in [3.63, 3.8) is 0 Å². The van der Waals surface area contributed by atoms with Gasteiger partial charge in [-0.2, -0.15) is 0 Å². The molecule has 2 aliphatic rings. The molecule has 0 aromatic rings. The van der Waals surface area contributed by atoms with Crippen LogP contribution in [0.2, 0.25) is 0 Å². The van der Waals surface area contributed by atoms with Crippen molar-refractivity contribution in [1.29, 1.82) is 0 Å². The molecule has 0 saturated carbocycles. The SMILES string of the molecule is COC1(N2CCN(C)CC2)C=CC=CC1. The monoisotopic (exact) mass is 208 g/mol. The molecular formula is C12H20N2O. The van der Waals surface area contributed by atoms with Gasteiger partial charge in [-0.15, -0.1) is 0 Å². The van der Waals surface area contributed by atoms with E-state index in [-0.39, 0.29) is 5.72 Å². The molecule has 1 fully saturated rings. The number of likely N-dealkylation sites (N-methyl/N-ethyl adjacent to an activating group) is 1. The smallest absolute Gasteiger partial charge is 0.144 e. The number of allylic oxidation sites excluding steroid dienone is 2. The predicted molar refractivity (Wildman–Crippen MR) is 61.7 cm³/mol. The quantitative estimate of drug-likeness (QED) is 0.675. The van der Waals surface area contributed by atoms with Crippen LogP contribution >= 0.6 is 0 Å². The Hall–Kier alpha value is -0.640. The number of piperazine rings is 1. The zero-order valence-electron chi connectivity index (χ0n) is 9.65. The van der Waals surface area contributed by atoms with Gasteiger partial charge in [0.1, 0.15) is 5.72 Å². The van der Waals surface area contributed by atoms with E-state index >= 15 is 0 Å². The molecule has 0 bridgehead atoms. The van der Waals surface area contributed by atoms with Crippen molar-refractivity contribution >= 4 is 0 Å². The number of hydrogen-bond acceptors (Lipinski definition) is 3. The first-order chi connectivity index (χ1) is 7.27. The van der Waals surface area contributed by atoms with Crippen LogP contribution in [0.4, 0.5) is 0 Å². The fourth-order valence-corrected chi connectivity index (χ4v) is 2.29. The summed E-state index contributed by atoms with van der Waals surface area (Å²) in [6.45, 7) is 4.43. The lowest BCUT2D eigenvalue weighted by molar-refractivity contribution is -0.111. The molecule has 0 radical (unpaired) electrons. The van der Waals surface area contributed by atoms with Gasteiger partial charge < -0.3 is 9.64 Å². The van der Waals surface area contributed by atoms with Gasteiger partial charge in [0.15, 0.2) is 0 Å². The Balaban J connectivity index is 2.06. The molecule has 0 aromatic carbocycles. The molecular weight excluding hydrogens is 188 g/mol. The van der Waals surface area contributed by atoms with Gasteiger partial charge in [0.25, 0.3) is 0 Å². The molecule has 3 heteroatoms. The fraction of sp³-hybridized carbons (Fsp3) is 0.667. The lowest BCUT2D eigenvalue weighted by Gasteiger charge is -2.45. The zero-order chi connectivity index (χ0) is 10.7. The van der Waals surface area contributed by atoms with Crippen LogP contribution in [-0.4, -0.2) is 55.9 Å². The van der Waals surface area contributed by atoms with E-state index in [1.807, 2.05) is 7.11 Å². The third-order valence-corrected chi connectivity index (χ3v) is 3.41.